The van der Waals surface area contributed by atoms with Gasteiger partial charge >= 0.3 is 6.18 Å². The molecule has 1 rings (SSSR count). The van der Waals surface area contributed by atoms with Crippen LogP contribution in [0, 0.1) is 10.1 Å². The summed E-state index contributed by atoms with van der Waals surface area (Å²) in [5.74, 6) is 0. The van der Waals surface area contributed by atoms with Gasteiger partial charge < -0.3 is 0 Å². The molecule has 0 fully saturated rings. The lowest BCUT2D eigenvalue weighted by Gasteiger charge is -2.03. The van der Waals surface area contributed by atoms with E-state index in [4.69, 9.17) is 0 Å². The quantitative estimate of drug-likeness (QED) is 0.473. The molecular weight excluding hydrogens is 251 g/mol. The number of non-ortho nitro benzene ring substituents is 1. The van der Waals surface area contributed by atoms with Gasteiger partial charge in [-0.3, -0.25) is 10.1 Å². The van der Waals surface area contributed by atoms with Crippen LogP contribution in [-0.4, -0.2) is 18.1 Å². The third-order valence-electron chi connectivity index (χ3n) is 1.88. The van der Waals surface area contributed by atoms with Crippen LogP contribution in [0.15, 0.2) is 40.6 Å². The van der Waals surface area contributed by atoms with Gasteiger partial charge in [-0.05, 0) is 12.1 Å². The number of nitrogens with zero attached hydrogens (tertiary/aromatic N) is 3. The molecule has 0 saturated heterocycles. The van der Waals surface area contributed by atoms with Crippen LogP contribution in [0.4, 0.5) is 18.9 Å². The van der Waals surface area contributed by atoms with E-state index in [-0.39, 0.29) is 17.3 Å². The van der Waals surface area contributed by atoms with Crippen LogP contribution in [0.3, 0.4) is 0 Å². The second kappa shape index (κ2) is 5.39. The molecule has 96 valence electrons. The molecule has 18 heavy (non-hydrogen) atoms. The van der Waals surface area contributed by atoms with Gasteiger partial charge in [0.25, 0.3) is 5.69 Å². The predicted molar refractivity (Wildman–Crippen MR) is 57.9 cm³/mol. The lowest BCUT2D eigenvalue weighted by Crippen LogP contribution is -2.02. The molecule has 0 heterocycles. The molecule has 0 bridgehead atoms. The van der Waals surface area contributed by atoms with Crippen LogP contribution >= 0.6 is 0 Å². The lowest BCUT2D eigenvalue weighted by molar-refractivity contribution is -0.384. The van der Waals surface area contributed by atoms with Gasteiger partial charge in [-0.15, -0.1) is 0 Å². The van der Waals surface area contributed by atoms with Gasteiger partial charge in [0, 0.05) is 30.8 Å². The molecule has 0 amide bonds. The van der Waals surface area contributed by atoms with Gasteiger partial charge in [0.15, 0.2) is 0 Å². The normalized spacial score (nSPS) is 13.0. The third kappa shape index (κ3) is 3.96. The number of hydrogen-bond donors (Lipinski definition) is 0. The summed E-state index contributed by atoms with van der Waals surface area (Å²) in [6, 6.07) is 4.57. The molecule has 0 saturated carbocycles. The highest BCUT2D eigenvalue weighted by molar-refractivity contribution is 5.65. The summed E-state index contributed by atoms with van der Waals surface area (Å²) in [5.41, 5.74) is -0.512. The summed E-state index contributed by atoms with van der Waals surface area (Å²) in [6.45, 7) is 0. The Hall–Kier alpha value is -2.25. The molecule has 0 atom stereocenters. The predicted octanol–water partition coefficient (Wildman–Crippen LogP) is 3.58. The highest BCUT2D eigenvalue weighted by Crippen LogP contribution is 2.26. The van der Waals surface area contributed by atoms with Crippen LogP contribution in [0.1, 0.15) is 5.56 Å². The van der Waals surface area contributed by atoms with Gasteiger partial charge in [0.1, 0.15) is 0 Å². The first kappa shape index (κ1) is 13.8. The Labute approximate surface area is 99.8 Å². The smallest absolute Gasteiger partial charge is 0.258 e. The molecule has 0 aromatic heterocycles. The average molecular weight is 259 g/mol. The topological polar surface area (TPSA) is 67.9 Å². The number of benzene rings is 1. The zero-order valence-electron chi connectivity index (χ0n) is 9.18. The van der Waals surface area contributed by atoms with Crippen molar-refractivity contribution < 1.29 is 18.1 Å². The third-order valence-corrected chi connectivity index (χ3v) is 1.88. The van der Waals surface area contributed by atoms with Crippen molar-refractivity contribution in [1.82, 2.24) is 0 Å². The van der Waals surface area contributed by atoms with E-state index in [1.165, 1.54) is 19.2 Å². The van der Waals surface area contributed by atoms with Gasteiger partial charge in [-0.2, -0.15) is 23.4 Å². The fraction of sp³-hybridized carbons (Fsp3) is 0.200. The van der Waals surface area contributed by atoms with Gasteiger partial charge in [-0.1, -0.05) is 0 Å². The maximum absolute atomic E-state index is 12.2. The molecule has 0 aliphatic carbocycles. The number of halogens is 3. The van der Waals surface area contributed by atoms with Crippen molar-refractivity contribution in [3.05, 3.63) is 46.0 Å². The number of azo groups is 1. The highest BCUT2D eigenvalue weighted by Gasteiger charge is 2.25. The summed E-state index contributed by atoms with van der Waals surface area (Å²) >= 11 is 0. The van der Waals surface area contributed by atoms with Crippen LogP contribution in [0.2, 0.25) is 0 Å². The van der Waals surface area contributed by atoms with E-state index >= 15 is 0 Å². The number of allylic oxidation sites excluding steroid dienone is 1. The number of nitro groups is 1. The first-order chi connectivity index (χ1) is 8.33. The second-order valence-corrected chi connectivity index (χ2v) is 3.18. The lowest BCUT2D eigenvalue weighted by atomic mass is 10.1. The van der Waals surface area contributed by atoms with Crippen molar-refractivity contribution in [3.63, 3.8) is 0 Å². The molecular formula is C10H8F3N3O2. The van der Waals surface area contributed by atoms with Gasteiger partial charge in [0.2, 0.25) is 0 Å². The Morgan fingerprint density at radius 2 is 1.89 bits per heavy atom. The van der Waals surface area contributed by atoms with Gasteiger partial charge in [0.05, 0.1) is 10.6 Å². The first-order valence-corrected chi connectivity index (χ1v) is 4.68. The van der Waals surface area contributed by atoms with E-state index in [0.717, 1.165) is 12.1 Å². The molecule has 1 aromatic rings. The maximum Gasteiger partial charge on any atom is 0.411 e. The Bertz CT molecular complexity index is 492. The van der Waals surface area contributed by atoms with Crippen molar-refractivity contribution in [2.45, 2.75) is 6.18 Å². The van der Waals surface area contributed by atoms with E-state index in [9.17, 15) is 23.3 Å². The molecule has 1 aromatic carbocycles. The number of alkyl halides is 3. The SMILES string of the molecule is CN=N/C(=C\C(F)(F)F)c1ccc([N+](=O)[O-])cc1. The van der Waals surface area contributed by atoms with E-state index in [2.05, 4.69) is 10.2 Å². The molecule has 0 aliphatic rings. The number of rotatable bonds is 3. The molecule has 5 nitrogen and oxygen atoms in total. The monoisotopic (exact) mass is 259 g/mol. The molecule has 0 spiro atoms. The van der Waals surface area contributed by atoms with E-state index in [1.54, 1.807) is 0 Å². The van der Waals surface area contributed by atoms with Crippen molar-refractivity contribution in [2.75, 3.05) is 7.05 Å². The minimum atomic E-state index is -4.54. The Morgan fingerprint density at radius 1 is 1.33 bits per heavy atom. The van der Waals surface area contributed by atoms with Gasteiger partial charge in [-0.25, -0.2) is 0 Å². The van der Waals surface area contributed by atoms with Crippen molar-refractivity contribution in [2.24, 2.45) is 10.2 Å². The zero-order valence-corrected chi connectivity index (χ0v) is 9.18. The van der Waals surface area contributed by atoms with Crippen LogP contribution < -0.4 is 0 Å². The van der Waals surface area contributed by atoms with E-state index in [1.807, 2.05) is 0 Å². The van der Waals surface area contributed by atoms with Crippen molar-refractivity contribution in [3.8, 4) is 0 Å². The molecule has 0 radical (unpaired) electrons. The maximum atomic E-state index is 12.2. The van der Waals surface area contributed by atoms with E-state index < -0.39 is 16.8 Å². The van der Waals surface area contributed by atoms with Crippen molar-refractivity contribution >= 4 is 11.4 Å². The Kier molecular flexibility index (Phi) is 4.13. The summed E-state index contributed by atoms with van der Waals surface area (Å²) in [4.78, 5) is 9.76. The summed E-state index contributed by atoms with van der Waals surface area (Å²) < 4.78 is 36.7. The van der Waals surface area contributed by atoms with Crippen LogP contribution in [0.25, 0.3) is 5.70 Å². The van der Waals surface area contributed by atoms with E-state index in [0.29, 0.717) is 0 Å². The molecule has 0 unspecified atom stereocenters. The standard InChI is InChI=1S/C10H8F3N3O2/c1-14-15-9(6-10(11,12)13)7-2-4-8(5-3-7)16(17)18/h2-6H,1H3/b9-6-,15-14?. The summed E-state index contributed by atoms with van der Waals surface area (Å²) in [6.07, 6.45) is -4.55. The molecule has 0 aliphatic heterocycles. The Morgan fingerprint density at radius 3 is 2.28 bits per heavy atom. The largest absolute Gasteiger partial charge is 0.411 e. The van der Waals surface area contributed by atoms with Crippen LogP contribution in [0.5, 0.6) is 0 Å². The minimum Gasteiger partial charge on any atom is -0.258 e. The zero-order chi connectivity index (χ0) is 13.8. The van der Waals surface area contributed by atoms with Crippen LogP contribution in [-0.2, 0) is 0 Å². The fourth-order valence-electron chi connectivity index (χ4n) is 1.19. The number of hydrogen-bond acceptors (Lipinski definition) is 4. The summed E-state index contributed by atoms with van der Waals surface area (Å²) in [7, 11) is 1.23. The highest BCUT2D eigenvalue weighted by atomic mass is 19.4. The second-order valence-electron chi connectivity index (χ2n) is 3.18. The molecule has 0 N–H and O–H groups in total. The fourth-order valence-corrected chi connectivity index (χ4v) is 1.19. The minimum absolute atomic E-state index is 0.0127. The molecule has 8 heteroatoms. The first-order valence-electron chi connectivity index (χ1n) is 4.68. The average Bonchev–Trinajstić information content (AvgIpc) is 2.27. The number of nitro benzene ring substituents is 1. The Balaban J connectivity index is 3.15. The van der Waals surface area contributed by atoms with Crippen molar-refractivity contribution in [1.29, 1.82) is 0 Å². The summed E-state index contributed by atoms with van der Waals surface area (Å²) in [5, 5.41) is 17.0.